The minimum atomic E-state index is -5.02. The van der Waals surface area contributed by atoms with Crippen LogP contribution in [0.25, 0.3) is 0 Å². The van der Waals surface area contributed by atoms with Crippen LogP contribution in [-0.2, 0) is 20.7 Å². The predicted molar refractivity (Wildman–Crippen MR) is 167 cm³/mol. The number of esters is 1. The van der Waals surface area contributed by atoms with Gasteiger partial charge in [0.15, 0.2) is 0 Å². The van der Waals surface area contributed by atoms with Gasteiger partial charge in [-0.3, -0.25) is 4.90 Å². The minimum absolute atomic E-state index is 0.0514. The van der Waals surface area contributed by atoms with Gasteiger partial charge in [0.25, 0.3) is 6.10 Å². The Bertz CT molecular complexity index is 1380. The maximum atomic E-state index is 12.6. The Balaban J connectivity index is 0.000000252. The van der Waals surface area contributed by atoms with Crippen LogP contribution in [0.1, 0.15) is 22.7 Å². The lowest BCUT2D eigenvalue weighted by atomic mass is 9.96. The van der Waals surface area contributed by atoms with E-state index in [1.54, 1.807) is 0 Å². The molecule has 0 radical (unpaired) electrons. The van der Waals surface area contributed by atoms with Gasteiger partial charge in [0.2, 0.25) is 0 Å². The van der Waals surface area contributed by atoms with Crippen LogP contribution in [0.5, 0.6) is 0 Å². The zero-order chi connectivity index (χ0) is 33.9. The smallest absolute Gasteiger partial charge is 0.436 e. The van der Waals surface area contributed by atoms with Crippen molar-refractivity contribution in [1.29, 1.82) is 0 Å². The number of carbonyl (C=O) groups is 3. The summed E-state index contributed by atoms with van der Waals surface area (Å²) >= 11 is 12.0. The van der Waals surface area contributed by atoms with Crippen LogP contribution >= 0.6 is 23.2 Å². The van der Waals surface area contributed by atoms with Gasteiger partial charge in [-0.15, -0.1) is 0 Å². The van der Waals surface area contributed by atoms with Crippen LogP contribution < -0.4 is 0 Å². The number of carbonyl (C=O) groups excluding carboxylic acids is 2. The molecule has 1 aliphatic rings. The Morgan fingerprint density at radius 1 is 0.870 bits per heavy atom. The van der Waals surface area contributed by atoms with Crippen molar-refractivity contribution in [3.63, 3.8) is 0 Å². The molecule has 0 aromatic heterocycles. The van der Waals surface area contributed by atoms with Crippen molar-refractivity contribution in [2.75, 3.05) is 46.9 Å². The van der Waals surface area contributed by atoms with Crippen LogP contribution in [0.4, 0.5) is 22.8 Å². The zero-order valence-corrected chi connectivity index (χ0v) is 26.6. The largest absolute Gasteiger partial charge is 0.466 e. The van der Waals surface area contributed by atoms with Crippen molar-refractivity contribution in [1.82, 2.24) is 14.7 Å². The van der Waals surface area contributed by atoms with E-state index in [1.807, 2.05) is 78.9 Å². The number of halogens is 5. The minimum Gasteiger partial charge on any atom is -0.466 e. The van der Waals surface area contributed by atoms with Crippen LogP contribution in [0.2, 0.25) is 10.0 Å². The molecule has 1 fully saturated rings. The number of methoxy groups -OCH3 is 1. The molecule has 0 bridgehead atoms. The molecule has 1 N–H and O–H groups in total. The number of ether oxygens (including phenoxy) is 2. The summed E-state index contributed by atoms with van der Waals surface area (Å²) in [6.45, 7) is 2.53. The maximum absolute atomic E-state index is 12.6. The highest BCUT2D eigenvalue weighted by Crippen LogP contribution is 2.31. The molecule has 1 saturated heterocycles. The monoisotopic (exact) mass is 683 g/mol. The first-order valence-electron chi connectivity index (χ1n) is 14.1. The third-order valence-electron chi connectivity index (χ3n) is 7.14. The van der Waals surface area contributed by atoms with Gasteiger partial charge in [0.1, 0.15) is 0 Å². The Hall–Kier alpha value is -4.00. The third-order valence-corrected chi connectivity index (χ3v) is 7.65. The molecule has 1 atom stereocenters. The second-order valence-electron chi connectivity index (χ2n) is 10.3. The first-order chi connectivity index (χ1) is 21.8. The number of rotatable bonds is 8. The van der Waals surface area contributed by atoms with Gasteiger partial charge in [-0.2, -0.15) is 13.2 Å². The Morgan fingerprint density at radius 2 is 1.37 bits per heavy atom. The molecular weight excluding hydrogens is 650 g/mol. The van der Waals surface area contributed by atoms with E-state index in [9.17, 15) is 27.6 Å². The molecule has 14 heteroatoms. The summed E-state index contributed by atoms with van der Waals surface area (Å²) in [7, 11) is 2.07. The number of amides is 2. The highest BCUT2D eigenvalue weighted by atomic mass is 35.5. The Morgan fingerprint density at radius 3 is 1.80 bits per heavy atom. The number of piperazine rings is 1. The maximum Gasteiger partial charge on any atom is 0.436 e. The van der Waals surface area contributed by atoms with E-state index >= 15 is 0 Å². The Kier molecular flexibility index (Phi) is 13.5. The fourth-order valence-corrected chi connectivity index (χ4v) is 4.91. The van der Waals surface area contributed by atoms with E-state index in [0.717, 1.165) is 28.7 Å². The van der Waals surface area contributed by atoms with Gasteiger partial charge in [0, 0.05) is 49.8 Å². The van der Waals surface area contributed by atoms with Crippen LogP contribution in [0, 0.1) is 0 Å². The Labute approximate surface area is 275 Å². The fourth-order valence-electron chi connectivity index (χ4n) is 4.65. The number of nitrogens with zero attached hydrogens (tertiary/aromatic N) is 3. The molecule has 9 nitrogen and oxygen atoms in total. The molecule has 4 rings (SSSR count). The molecule has 0 saturated carbocycles. The topological polar surface area (TPSA) is 99.6 Å². The number of hydrogen-bond donors (Lipinski definition) is 1. The van der Waals surface area contributed by atoms with Crippen LogP contribution in [0.3, 0.4) is 0 Å². The number of alkyl halides is 3. The van der Waals surface area contributed by atoms with E-state index in [1.165, 1.54) is 11.9 Å². The van der Waals surface area contributed by atoms with Gasteiger partial charge in [0.05, 0.1) is 13.2 Å². The molecule has 3 aromatic rings. The van der Waals surface area contributed by atoms with Gasteiger partial charge in [-0.05, 0) is 47.4 Å². The van der Waals surface area contributed by atoms with E-state index in [2.05, 4.69) is 14.4 Å². The van der Waals surface area contributed by atoms with Crippen molar-refractivity contribution in [2.45, 2.75) is 24.7 Å². The lowest BCUT2D eigenvalue weighted by Crippen LogP contribution is -2.49. The molecule has 0 spiro atoms. The second-order valence-corrected chi connectivity index (χ2v) is 11.2. The summed E-state index contributed by atoms with van der Waals surface area (Å²) in [5.41, 5.74) is 3.18. The average molecular weight is 685 g/mol. The molecule has 2 amide bonds. The van der Waals surface area contributed by atoms with Crippen LogP contribution in [-0.4, -0.2) is 97.1 Å². The summed E-state index contributed by atoms with van der Waals surface area (Å²) in [4.78, 5) is 38.5. The quantitative estimate of drug-likeness (QED) is 0.261. The molecule has 1 aliphatic heterocycles. The van der Waals surface area contributed by atoms with Crippen molar-refractivity contribution >= 4 is 41.4 Å². The number of carboxylic acid groups (broad SMARTS) is 1. The molecule has 1 unspecified atom stereocenters. The zero-order valence-electron chi connectivity index (χ0n) is 25.1. The number of hydrogen-bond acceptors (Lipinski definition) is 6. The summed E-state index contributed by atoms with van der Waals surface area (Å²) in [5.74, 6) is -1.67. The average Bonchev–Trinajstić information content (AvgIpc) is 3.04. The summed E-state index contributed by atoms with van der Waals surface area (Å²) in [6.07, 6.45) is -9.61. The van der Waals surface area contributed by atoms with E-state index < -0.39 is 30.4 Å². The van der Waals surface area contributed by atoms with Crippen molar-refractivity contribution < 1.29 is 42.1 Å². The summed E-state index contributed by atoms with van der Waals surface area (Å²) < 4.78 is 46.1. The SMILES string of the molecule is COC(=O)C(OC(=O)N(C)CCc1ccccc1)C(F)(F)F.O=C(O)N1CCN(C(c2ccc(Cl)cc2)c2ccc(Cl)cc2)CC1. The number of likely N-dealkylation sites (N-methyl/N-ethyl adjacent to an activating group) is 1. The van der Waals surface area contributed by atoms with Crippen molar-refractivity contribution in [3.05, 3.63) is 106 Å². The first-order valence-corrected chi connectivity index (χ1v) is 14.9. The highest BCUT2D eigenvalue weighted by molar-refractivity contribution is 6.30. The lowest BCUT2D eigenvalue weighted by molar-refractivity contribution is -0.217. The van der Waals surface area contributed by atoms with E-state index in [0.29, 0.717) is 42.6 Å². The summed E-state index contributed by atoms with van der Waals surface area (Å²) in [6, 6.07) is 24.8. The van der Waals surface area contributed by atoms with Crippen molar-refractivity contribution in [3.8, 4) is 0 Å². The second kappa shape index (κ2) is 17.1. The van der Waals surface area contributed by atoms with Crippen LogP contribution in [0.15, 0.2) is 78.9 Å². The van der Waals surface area contributed by atoms with Crippen molar-refractivity contribution in [2.24, 2.45) is 0 Å². The molecule has 0 aliphatic carbocycles. The normalized spacial score (nSPS) is 14.1. The predicted octanol–water partition coefficient (Wildman–Crippen LogP) is 6.78. The standard InChI is InChI=1S/C18H18Cl2N2O2.C14H16F3NO4/c19-15-5-1-13(2-6-15)17(14-3-7-16(20)8-4-14)21-9-11-22(12-10-21)18(23)24;1-18(9-8-10-6-4-3-5-7-10)13(20)22-11(12(19)21-2)14(15,16)17/h1-8,17H,9-12H2,(H,23,24);3-7,11H,8-9H2,1-2H3. The fraction of sp³-hybridized carbons (Fsp3) is 0.344. The third kappa shape index (κ3) is 10.8. The van der Waals surface area contributed by atoms with Gasteiger partial charge < -0.3 is 24.4 Å². The van der Waals surface area contributed by atoms with Gasteiger partial charge in [-0.25, -0.2) is 14.4 Å². The molecule has 248 valence electrons. The highest BCUT2D eigenvalue weighted by Gasteiger charge is 2.49. The first kappa shape index (κ1) is 36.5. The molecule has 3 aromatic carbocycles. The van der Waals surface area contributed by atoms with E-state index in [4.69, 9.17) is 28.3 Å². The lowest BCUT2D eigenvalue weighted by Gasteiger charge is -2.38. The molecule has 46 heavy (non-hydrogen) atoms. The van der Waals surface area contributed by atoms with E-state index in [-0.39, 0.29) is 12.6 Å². The summed E-state index contributed by atoms with van der Waals surface area (Å²) in [5, 5.41) is 10.5. The van der Waals surface area contributed by atoms with Gasteiger partial charge in [-0.1, -0.05) is 77.8 Å². The number of benzene rings is 3. The molecule has 1 heterocycles. The molecular formula is C32H34Cl2F3N3O6. The van der Waals surface area contributed by atoms with Gasteiger partial charge >= 0.3 is 24.3 Å².